The standard InChI is InChI=1S/C14H21NO2/c1-4-13(17-14(16)5-2)15(6-3)12-10-8-7-9-11-12/h7-11,13H,4-6H2,1-3H3. The van der Waals surface area contributed by atoms with E-state index in [-0.39, 0.29) is 12.2 Å². The molecule has 0 aliphatic carbocycles. The molecule has 0 bridgehead atoms. The second-order valence-corrected chi connectivity index (χ2v) is 3.83. The Morgan fingerprint density at radius 2 is 1.88 bits per heavy atom. The topological polar surface area (TPSA) is 29.5 Å². The van der Waals surface area contributed by atoms with Crippen molar-refractivity contribution >= 4 is 11.7 Å². The van der Waals surface area contributed by atoms with E-state index in [1.54, 1.807) is 0 Å². The first-order valence-corrected chi connectivity index (χ1v) is 6.24. The van der Waals surface area contributed by atoms with Gasteiger partial charge in [0.25, 0.3) is 0 Å². The van der Waals surface area contributed by atoms with Crippen LogP contribution in [0.15, 0.2) is 30.3 Å². The minimum Gasteiger partial charge on any atom is -0.442 e. The third-order valence-corrected chi connectivity index (χ3v) is 2.68. The lowest BCUT2D eigenvalue weighted by Crippen LogP contribution is -2.38. The predicted octanol–water partition coefficient (Wildman–Crippen LogP) is 3.20. The van der Waals surface area contributed by atoms with Crippen molar-refractivity contribution in [2.75, 3.05) is 11.4 Å². The Bertz CT molecular complexity index is 337. The minimum atomic E-state index is -0.171. The van der Waals surface area contributed by atoms with Gasteiger partial charge in [-0.2, -0.15) is 0 Å². The van der Waals surface area contributed by atoms with Gasteiger partial charge in [0.1, 0.15) is 0 Å². The normalized spacial score (nSPS) is 11.9. The monoisotopic (exact) mass is 235 g/mol. The van der Waals surface area contributed by atoms with Crippen LogP contribution >= 0.6 is 0 Å². The first-order valence-electron chi connectivity index (χ1n) is 6.24. The molecule has 0 saturated carbocycles. The van der Waals surface area contributed by atoms with E-state index in [9.17, 15) is 4.79 Å². The summed E-state index contributed by atoms with van der Waals surface area (Å²) in [7, 11) is 0. The number of esters is 1. The number of benzene rings is 1. The number of hydrogen-bond acceptors (Lipinski definition) is 3. The fraction of sp³-hybridized carbons (Fsp3) is 0.500. The lowest BCUT2D eigenvalue weighted by atomic mass is 10.2. The molecule has 0 saturated heterocycles. The van der Waals surface area contributed by atoms with E-state index in [1.807, 2.05) is 44.2 Å². The summed E-state index contributed by atoms with van der Waals surface area (Å²) in [6.45, 7) is 6.72. The molecule has 1 rings (SSSR count). The molecule has 0 heterocycles. The van der Waals surface area contributed by atoms with Gasteiger partial charge < -0.3 is 9.64 Å². The third-order valence-electron chi connectivity index (χ3n) is 2.68. The van der Waals surface area contributed by atoms with Gasteiger partial charge in [-0.05, 0) is 19.1 Å². The van der Waals surface area contributed by atoms with Crippen LogP contribution in [0.4, 0.5) is 5.69 Å². The lowest BCUT2D eigenvalue weighted by Gasteiger charge is -2.31. The summed E-state index contributed by atoms with van der Waals surface area (Å²) in [6.07, 6.45) is 1.03. The van der Waals surface area contributed by atoms with Crippen molar-refractivity contribution in [3.8, 4) is 0 Å². The van der Waals surface area contributed by atoms with Crippen molar-refractivity contribution in [3.05, 3.63) is 30.3 Å². The molecule has 1 aromatic rings. The fourth-order valence-electron chi connectivity index (χ4n) is 1.77. The summed E-state index contributed by atoms with van der Waals surface area (Å²) >= 11 is 0. The molecule has 1 aromatic carbocycles. The van der Waals surface area contributed by atoms with Gasteiger partial charge in [-0.25, -0.2) is 0 Å². The first kappa shape index (κ1) is 13.6. The van der Waals surface area contributed by atoms with E-state index in [1.165, 1.54) is 0 Å². The number of anilines is 1. The zero-order valence-corrected chi connectivity index (χ0v) is 10.8. The van der Waals surface area contributed by atoms with Gasteiger partial charge in [0, 0.05) is 25.1 Å². The van der Waals surface area contributed by atoms with Crippen molar-refractivity contribution in [1.29, 1.82) is 0 Å². The summed E-state index contributed by atoms with van der Waals surface area (Å²) in [5.74, 6) is -0.147. The molecular weight excluding hydrogens is 214 g/mol. The molecule has 0 amide bonds. The highest BCUT2D eigenvalue weighted by molar-refractivity contribution is 5.69. The molecule has 0 radical (unpaired) electrons. The number of para-hydroxylation sites is 1. The van der Waals surface area contributed by atoms with E-state index in [0.29, 0.717) is 6.42 Å². The molecule has 0 aliphatic heterocycles. The number of nitrogens with zero attached hydrogens (tertiary/aromatic N) is 1. The van der Waals surface area contributed by atoms with Crippen molar-refractivity contribution < 1.29 is 9.53 Å². The highest BCUT2D eigenvalue weighted by Gasteiger charge is 2.18. The van der Waals surface area contributed by atoms with Crippen LogP contribution in [-0.4, -0.2) is 18.7 Å². The van der Waals surface area contributed by atoms with Crippen LogP contribution in [0, 0.1) is 0 Å². The molecule has 1 unspecified atom stereocenters. The minimum absolute atomic E-state index is 0.147. The van der Waals surface area contributed by atoms with Gasteiger partial charge in [0.15, 0.2) is 6.23 Å². The predicted molar refractivity (Wildman–Crippen MR) is 69.9 cm³/mol. The summed E-state index contributed by atoms with van der Waals surface area (Å²) in [4.78, 5) is 13.5. The van der Waals surface area contributed by atoms with Crippen molar-refractivity contribution in [3.63, 3.8) is 0 Å². The first-order chi connectivity index (χ1) is 8.22. The number of carbonyl (C=O) groups excluding carboxylic acids is 1. The van der Waals surface area contributed by atoms with Crippen molar-refractivity contribution in [2.24, 2.45) is 0 Å². The zero-order valence-electron chi connectivity index (χ0n) is 10.8. The lowest BCUT2D eigenvalue weighted by molar-refractivity contribution is -0.148. The maximum atomic E-state index is 11.4. The van der Waals surface area contributed by atoms with Crippen LogP contribution < -0.4 is 4.90 Å². The molecule has 17 heavy (non-hydrogen) atoms. The third kappa shape index (κ3) is 3.77. The molecule has 94 valence electrons. The average Bonchev–Trinajstić information content (AvgIpc) is 2.39. The summed E-state index contributed by atoms with van der Waals surface area (Å²) in [6, 6.07) is 10.0. The molecule has 3 heteroatoms. The number of rotatable bonds is 6. The summed E-state index contributed by atoms with van der Waals surface area (Å²) in [5, 5.41) is 0. The van der Waals surface area contributed by atoms with Crippen LogP contribution in [0.1, 0.15) is 33.6 Å². The number of ether oxygens (including phenoxy) is 1. The van der Waals surface area contributed by atoms with E-state index >= 15 is 0 Å². The Balaban J connectivity index is 2.80. The number of hydrogen-bond donors (Lipinski definition) is 0. The molecule has 0 N–H and O–H groups in total. The van der Waals surface area contributed by atoms with E-state index in [2.05, 4.69) is 11.8 Å². The molecule has 1 atom stereocenters. The smallest absolute Gasteiger partial charge is 0.307 e. The van der Waals surface area contributed by atoms with Crippen molar-refractivity contribution in [1.82, 2.24) is 0 Å². The SMILES string of the molecule is CCC(=O)OC(CC)N(CC)c1ccccc1. The Morgan fingerprint density at radius 3 is 2.35 bits per heavy atom. The van der Waals surface area contributed by atoms with E-state index in [4.69, 9.17) is 4.74 Å². The summed E-state index contributed by atoms with van der Waals surface area (Å²) < 4.78 is 5.44. The van der Waals surface area contributed by atoms with Gasteiger partial charge in [0.2, 0.25) is 0 Å². The van der Waals surface area contributed by atoms with Crippen LogP contribution in [0.2, 0.25) is 0 Å². The quantitative estimate of drug-likeness (QED) is 0.560. The summed E-state index contributed by atoms with van der Waals surface area (Å²) in [5.41, 5.74) is 1.09. The largest absolute Gasteiger partial charge is 0.442 e. The number of carbonyl (C=O) groups is 1. The Kier molecular flexibility index (Phi) is 5.53. The van der Waals surface area contributed by atoms with E-state index < -0.39 is 0 Å². The van der Waals surface area contributed by atoms with Crippen molar-refractivity contribution in [2.45, 2.75) is 39.8 Å². The molecule has 0 spiro atoms. The Morgan fingerprint density at radius 1 is 1.24 bits per heavy atom. The molecule has 0 aromatic heterocycles. The second kappa shape index (κ2) is 6.94. The molecule has 3 nitrogen and oxygen atoms in total. The fourth-order valence-corrected chi connectivity index (χ4v) is 1.77. The second-order valence-electron chi connectivity index (χ2n) is 3.83. The van der Waals surface area contributed by atoms with Gasteiger partial charge in [-0.1, -0.05) is 32.0 Å². The van der Waals surface area contributed by atoms with Crippen LogP contribution in [0.5, 0.6) is 0 Å². The average molecular weight is 235 g/mol. The highest BCUT2D eigenvalue weighted by atomic mass is 16.6. The zero-order chi connectivity index (χ0) is 12.7. The van der Waals surface area contributed by atoms with Gasteiger partial charge in [-0.15, -0.1) is 0 Å². The van der Waals surface area contributed by atoms with E-state index in [0.717, 1.165) is 18.7 Å². The molecular formula is C14H21NO2. The van der Waals surface area contributed by atoms with Gasteiger partial charge in [0.05, 0.1) is 0 Å². The molecule has 0 aliphatic rings. The highest BCUT2D eigenvalue weighted by Crippen LogP contribution is 2.18. The maximum absolute atomic E-state index is 11.4. The Hall–Kier alpha value is -1.51. The van der Waals surface area contributed by atoms with Crippen LogP contribution in [0.25, 0.3) is 0 Å². The van der Waals surface area contributed by atoms with Crippen LogP contribution in [0.3, 0.4) is 0 Å². The Labute approximate surface area is 103 Å². The van der Waals surface area contributed by atoms with Gasteiger partial charge >= 0.3 is 5.97 Å². The van der Waals surface area contributed by atoms with Gasteiger partial charge in [-0.3, -0.25) is 4.79 Å². The molecule has 0 fully saturated rings. The van der Waals surface area contributed by atoms with Crippen LogP contribution in [-0.2, 0) is 9.53 Å². The maximum Gasteiger partial charge on any atom is 0.307 e.